The second-order valence-electron chi connectivity index (χ2n) is 2.52. The van der Waals surface area contributed by atoms with Crippen LogP contribution in [0.4, 0.5) is 14.4 Å². The van der Waals surface area contributed by atoms with Crippen molar-refractivity contribution in [2.75, 3.05) is 0 Å². The minimum Gasteiger partial charge on any atom is -0.486 e. The highest BCUT2D eigenvalue weighted by Crippen LogP contribution is 2.05. The number of rotatable bonds is 1. The summed E-state index contributed by atoms with van der Waals surface area (Å²) in [6.45, 7) is -1.82. The molecular weight excluding hydrogens is 206 g/mol. The molecule has 0 spiro atoms. The van der Waals surface area contributed by atoms with Gasteiger partial charge in [-0.25, -0.2) is 9.59 Å². The highest BCUT2D eigenvalue weighted by atomic mass is 16.4. The van der Waals surface area contributed by atoms with Crippen molar-refractivity contribution in [1.82, 2.24) is 14.6 Å². The van der Waals surface area contributed by atoms with E-state index in [1.54, 1.807) is 0 Å². The third-order valence-corrected chi connectivity index (χ3v) is 1.62. The van der Waals surface area contributed by atoms with E-state index in [0.29, 0.717) is 9.44 Å². The van der Waals surface area contributed by atoms with E-state index >= 15 is 0 Å². The van der Waals surface area contributed by atoms with Crippen molar-refractivity contribution < 1.29 is 29.7 Å². The summed E-state index contributed by atoms with van der Waals surface area (Å²) in [6.07, 6.45) is -3.15. The van der Waals surface area contributed by atoms with Gasteiger partial charge in [0.2, 0.25) is 0 Å². The molecule has 2 radical (unpaired) electrons. The second kappa shape index (κ2) is 4.13. The van der Waals surface area contributed by atoms with Crippen LogP contribution in [0.2, 0.25) is 0 Å². The first kappa shape index (κ1) is 11.2. The molecule has 0 bridgehead atoms. The first-order valence-electron chi connectivity index (χ1n) is 3.63. The van der Waals surface area contributed by atoms with E-state index in [2.05, 4.69) is 5.14 Å². The number of nitrogens with one attached hydrogen (secondary N) is 1. The van der Waals surface area contributed by atoms with Gasteiger partial charge in [0, 0.05) is 0 Å². The Balaban J connectivity index is 2.95. The number of nitrogens with zero attached hydrogens (tertiary/aromatic N) is 2. The number of hydrogen-bond acceptors (Lipinski definition) is 4. The van der Waals surface area contributed by atoms with Crippen LogP contribution in [0.25, 0.3) is 0 Å². The van der Waals surface area contributed by atoms with Gasteiger partial charge >= 0.3 is 40.1 Å². The lowest BCUT2D eigenvalue weighted by molar-refractivity contribution is 0.174. The van der Waals surface area contributed by atoms with Crippen molar-refractivity contribution in [3.8, 4) is 0 Å². The standard InChI is InChI=1S/C3H4B3N3O6/c10-1(11)6-8(2(12)13)4-7-5-9(6)3(14)15/h7H,(H,10,11)(H,12,13)(H,14,15). The summed E-state index contributed by atoms with van der Waals surface area (Å²) >= 11 is 0. The third kappa shape index (κ3) is 2.15. The van der Waals surface area contributed by atoms with Gasteiger partial charge in [0.1, 0.15) is 0 Å². The Labute approximate surface area is 85.3 Å². The third-order valence-electron chi connectivity index (χ3n) is 1.62. The van der Waals surface area contributed by atoms with Gasteiger partial charge in [-0.05, 0) is 0 Å². The quantitative estimate of drug-likeness (QED) is 0.382. The molecule has 1 aliphatic rings. The van der Waals surface area contributed by atoms with Gasteiger partial charge in [-0.3, -0.25) is 4.79 Å². The van der Waals surface area contributed by atoms with Crippen LogP contribution in [-0.2, 0) is 0 Å². The topological polar surface area (TPSA) is 130 Å². The van der Waals surface area contributed by atoms with Crippen molar-refractivity contribution in [3.63, 3.8) is 0 Å². The van der Waals surface area contributed by atoms with Gasteiger partial charge in [0.25, 0.3) is 0 Å². The average molecular weight is 211 g/mol. The number of carboxylic acid groups (broad SMARTS) is 3. The van der Waals surface area contributed by atoms with Crippen LogP contribution in [0.3, 0.4) is 0 Å². The zero-order chi connectivity index (χ0) is 11.6. The molecule has 2 amide bonds. The van der Waals surface area contributed by atoms with Crippen LogP contribution in [0.1, 0.15) is 0 Å². The van der Waals surface area contributed by atoms with Crippen LogP contribution < -0.4 is 5.14 Å². The molecule has 1 saturated heterocycles. The molecule has 0 aromatic carbocycles. The van der Waals surface area contributed by atoms with Crippen molar-refractivity contribution in [2.24, 2.45) is 0 Å². The Morgan fingerprint density at radius 2 is 1.40 bits per heavy atom. The highest BCUT2D eigenvalue weighted by Gasteiger charge is 2.47. The average Bonchev–Trinajstić information content (AvgIpc) is 2.16. The summed E-state index contributed by atoms with van der Waals surface area (Å²) in [7, 11) is 1.70. The monoisotopic (exact) mass is 211 g/mol. The first-order valence-corrected chi connectivity index (χ1v) is 3.63. The molecule has 0 aromatic heterocycles. The number of amides is 2. The normalized spacial score (nSPS) is 15.3. The van der Waals surface area contributed by atoms with Crippen molar-refractivity contribution in [3.05, 3.63) is 0 Å². The van der Waals surface area contributed by atoms with Crippen LogP contribution in [-0.4, -0.2) is 64.9 Å². The summed E-state index contributed by atoms with van der Waals surface area (Å²) in [5.74, 6) is -1.59. The maximum absolute atomic E-state index is 10.7. The second-order valence-corrected chi connectivity index (χ2v) is 2.52. The molecule has 4 N–H and O–H groups in total. The molecular formula is C3H4B3N3O6. The lowest BCUT2D eigenvalue weighted by atomic mass is 9.60. The Morgan fingerprint density at radius 3 is 1.67 bits per heavy atom. The SMILES string of the molecule is O=C(O)B1N(C(=O)O)[B]N[B]N1C(=O)O. The molecule has 0 saturated carbocycles. The maximum atomic E-state index is 10.7. The molecule has 12 heteroatoms. The molecule has 0 unspecified atom stereocenters. The molecule has 76 valence electrons. The lowest BCUT2D eigenvalue weighted by Gasteiger charge is -2.34. The van der Waals surface area contributed by atoms with E-state index in [9.17, 15) is 14.4 Å². The molecule has 0 atom stereocenters. The van der Waals surface area contributed by atoms with E-state index in [1.165, 1.54) is 0 Å². The van der Waals surface area contributed by atoms with Crippen LogP contribution in [0.5, 0.6) is 0 Å². The Morgan fingerprint density at radius 1 is 1.00 bits per heavy atom. The minimum atomic E-state index is -1.82. The first-order chi connectivity index (χ1) is 6.95. The fraction of sp³-hybridized carbons (Fsp3) is 0. The van der Waals surface area contributed by atoms with Crippen molar-refractivity contribution >= 4 is 40.1 Å². The van der Waals surface area contributed by atoms with Gasteiger partial charge in [-0.2, -0.15) is 0 Å². The lowest BCUT2D eigenvalue weighted by Crippen LogP contribution is -2.71. The van der Waals surface area contributed by atoms with E-state index in [0.717, 1.165) is 15.1 Å². The zero-order valence-electron chi connectivity index (χ0n) is 7.19. The fourth-order valence-corrected chi connectivity index (χ4v) is 1.03. The fourth-order valence-electron chi connectivity index (χ4n) is 1.03. The minimum absolute atomic E-state index is 0.330. The summed E-state index contributed by atoms with van der Waals surface area (Å²) in [4.78, 5) is 31.9. The smallest absolute Gasteiger partial charge is 0.486 e. The van der Waals surface area contributed by atoms with Crippen LogP contribution >= 0.6 is 0 Å². The van der Waals surface area contributed by atoms with E-state index in [1.807, 2.05) is 0 Å². The van der Waals surface area contributed by atoms with Crippen molar-refractivity contribution in [2.45, 2.75) is 0 Å². The number of carbonyl (C=O) groups is 3. The summed E-state index contributed by atoms with van der Waals surface area (Å²) < 4.78 is 0.660. The molecule has 1 fully saturated rings. The van der Waals surface area contributed by atoms with Gasteiger partial charge in [0.05, 0.1) is 0 Å². The van der Waals surface area contributed by atoms with Gasteiger partial charge in [-0.1, -0.05) is 0 Å². The van der Waals surface area contributed by atoms with E-state index in [-0.39, 0.29) is 0 Å². The predicted octanol–water partition coefficient (Wildman–Crippen LogP) is -1.63. The van der Waals surface area contributed by atoms with Gasteiger partial charge in [0.15, 0.2) is 0 Å². The molecule has 1 aliphatic heterocycles. The van der Waals surface area contributed by atoms with Gasteiger partial charge in [-0.15, -0.1) is 0 Å². The molecule has 1 rings (SSSR count). The predicted molar refractivity (Wildman–Crippen MR) is 48.2 cm³/mol. The zero-order valence-corrected chi connectivity index (χ0v) is 7.19. The van der Waals surface area contributed by atoms with Gasteiger partial charge < -0.3 is 29.9 Å². The Kier molecular flexibility index (Phi) is 3.09. The van der Waals surface area contributed by atoms with Crippen LogP contribution in [0.15, 0.2) is 0 Å². The summed E-state index contributed by atoms with van der Waals surface area (Å²) in [5, 5.41) is 28.1. The van der Waals surface area contributed by atoms with Crippen molar-refractivity contribution in [1.29, 1.82) is 0 Å². The number of hydrogen-bond donors (Lipinski definition) is 4. The molecule has 0 aliphatic carbocycles. The largest absolute Gasteiger partial charge is 0.490 e. The molecule has 0 aromatic rings. The molecule has 15 heavy (non-hydrogen) atoms. The summed E-state index contributed by atoms with van der Waals surface area (Å²) in [6, 6.07) is 0. The molecule has 1 heterocycles. The van der Waals surface area contributed by atoms with Crippen LogP contribution in [0, 0.1) is 0 Å². The Hall–Kier alpha value is -1.84. The Bertz CT molecular complexity index is 289. The highest BCUT2D eigenvalue weighted by molar-refractivity contribution is 6.96. The van der Waals surface area contributed by atoms with E-state index in [4.69, 9.17) is 15.3 Å². The summed E-state index contributed by atoms with van der Waals surface area (Å²) in [5.41, 5.74) is 0. The maximum Gasteiger partial charge on any atom is 0.490 e. The van der Waals surface area contributed by atoms with E-state index < -0.39 is 25.0 Å². The molecule has 9 nitrogen and oxygen atoms in total.